The highest BCUT2D eigenvalue weighted by Gasteiger charge is 2.23. The van der Waals surface area contributed by atoms with Crippen LogP contribution in [0.25, 0.3) is 0 Å². The van der Waals surface area contributed by atoms with E-state index >= 15 is 0 Å². The molecular formula is C13H28N2. The van der Waals surface area contributed by atoms with Crippen molar-refractivity contribution < 1.29 is 0 Å². The first-order chi connectivity index (χ1) is 7.13. The minimum Gasteiger partial charge on any atom is -0.314 e. The summed E-state index contributed by atoms with van der Waals surface area (Å²) in [6.07, 6.45) is 2.64. The Morgan fingerprint density at radius 2 is 2.07 bits per heavy atom. The number of hydrogen-bond donors (Lipinski definition) is 1. The van der Waals surface area contributed by atoms with Gasteiger partial charge in [0.05, 0.1) is 0 Å². The molecule has 2 unspecified atom stereocenters. The second-order valence-electron chi connectivity index (χ2n) is 5.50. The maximum Gasteiger partial charge on any atom is 0.0223 e. The predicted molar refractivity (Wildman–Crippen MR) is 67.1 cm³/mol. The molecule has 0 spiro atoms. The molecule has 1 saturated heterocycles. The number of hydrogen-bond acceptors (Lipinski definition) is 2. The molecule has 2 nitrogen and oxygen atoms in total. The summed E-state index contributed by atoms with van der Waals surface area (Å²) < 4.78 is 0. The molecule has 2 heteroatoms. The van der Waals surface area contributed by atoms with Crippen LogP contribution >= 0.6 is 0 Å². The summed E-state index contributed by atoms with van der Waals surface area (Å²) in [5.41, 5.74) is 0. The van der Waals surface area contributed by atoms with Crippen molar-refractivity contribution in [2.24, 2.45) is 11.8 Å². The van der Waals surface area contributed by atoms with Gasteiger partial charge in [-0.25, -0.2) is 0 Å². The van der Waals surface area contributed by atoms with Crippen molar-refractivity contribution in [3.8, 4) is 0 Å². The smallest absolute Gasteiger partial charge is 0.0223 e. The Labute approximate surface area is 95.4 Å². The van der Waals surface area contributed by atoms with Gasteiger partial charge in [-0.15, -0.1) is 0 Å². The molecule has 90 valence electrons. The van der Waals surface area contributed by atoms with E-state index < -0.39 is 0 Å². The fraction of sp³-hybridized carbons (Fsp3) is 1.00. The number of rotatable bonds is 5. The zero-order valence-corrected chi connectivity index (χ0v) is 10.9. The Balaban J connectivity index is 2.42. The Bertz CT molecular complexity index is 168. The lowest BCUT2D eigenvalue weighted by Gasteiger charge is -2.38. The van der Waals surface area contributed by atoms with Crippen LogP contribution in [0.15, 0.2) is 0 Å². The Morgan fingerprint density at radius 3 is 2.67 bits per heavy atom. The van der Waals surface area contributed by atoms with Gasteiger partial charge < -0.3 is 5.32 Å². The number of nitrogens with zero attached hydrogens (tertiary/aromatic N) is 1. The van der Waals surface area contributed by atoms with Crippen LogP contribution in [0.3, 0.4) is 0 Å². The average Bonchev–Trinajstić information content (AvgIpc) is 2.20. The van der Waals surface area contributed by atoms with Crippen LogP contribution in [0, 0.1) is 11.8 Å². The van der Waals surface area contributed by atoms with E-state index in [1.165, 1.54) is 39.0 Å². The number of nitrogens with one attached hydrogen (secondary N) is 1. The summed E-state index contributed by atoms with van der Waals surface area (Å²) in [5, 5.41) is 3.52. The summed E-state index contributed by atoms with van der Waals surface area (Å²) in [5.74, 6) is 1.66. The molecule has 0 aromatic rings. The SMILES string of the molecule is CCC(C)CN1CCNCC1CC(C)C. The molecule has 1 rings (SSSR count). The predicted octanol–water partition coefficient (Wildman–Crippen LogP) is 2.35. The van der Waals surface area contributed by atoms with Crippen molar-refractivity contribution >= 4 is 0 Å². The second-order valence-corrected chi connectivity index (χ2v) is 5.50. The molecule has 0 radical (unpaired) electrons. The molecule has 0 bridgehead atoms. The lowest BCUT2D eigenvalue weighted by Crippen LogP contribution is -2.52. The quantitative estimate of drug-likeness (QED) is 0.752. The third-order valence-electron chi connectivity index (χ3n) is 3.46. The van der Waals surface area contributed by atoms with Gasteiger partial charge in [-0.3, -0.25) is 4.90 Å². The topological polar surface area (TPSA) is 15.3 Å². The maximum atomic E-state index is 3.52. The van der Waals surface area contributed by atoms with Crippen LogP contribution < -0.4 is 5.32 Å². The number of piperazine rings is 1. The minimum atomic E-state index is 0.771. The summed E-state index contributed by atoms with van der Waals surface area (Å²) in [6, 6.07) is 0.771. The highest BCUT2D eigenvalue weighted by molar-refractivity contribution is 4.81. The van der Waals surface area contributed by atoms with E-state index in [-0.39, 0.29) is 0 Å². The van der Waals surface area contributed by atoms with Gasteiger partial charge in [0.15, 0.2) is 0 Å². The average molecular weight is 212 g/mol. The van der Waals surface area contributed by atoms with E-state index in [9.17, 15) is 0 Å². The normalized spacial score (nSPS) is 25.8. The van der Waals surface area contributed by atoms with Crippen molar-refractivity contribution in [1.29, 1.82) is 0 Å². The minimum absolute atomic E-state index is 0.771. The van der Waals surface area contributed by atoms with Crippen LogP contribution in [0.4, 0.5) is 0 Å². The van der Waals surface area contributed by atoms with Crippen LogP contribution in [-0.2, 0) is 0 Å². The first-order valence-electron chi connectivity index (χ1n) is 6.58. The second kappa shape index (κ2) is 6.49. The molecule has 0 aromatic heterocycles. The largest absolute Gasteiger partial charge is 0.314 e. The highest BCUT2D eigenvalue weighted by Crippen LogP contribution is 2.16. The van der Waals surface area contributed by atoms with Gasteiger partial charge >= 0.3 is 0 Å². The summed E-state index contributed by atoms with van der Waals surface area (Å²) in [7, 11) is 0. The fourth-order valence-corrected chi connectivity index (χ4v) is 2.35. The monoisotopic (exact) mass is 212 g/mol. The van der Waals surface area contributed by atoms with Crippen molar-refractivity contribution in [3.63, 3.8) is 0 Å². The molecule has 0 amide bonds. The summed E-state index contributed by atoms with van der Waals surface area (Å²) >= 11 is 0. The van der Waals surface area contributed by atoms with Crippen molar-refractivity contribution in [3.05, 3.63) is 0 Å². The molecular weight excluding hydrogens is 184 g/mol. The van der Waals surface area contributed by atoms with Crippen molar-refractivity contribution in [1.82, 2.24) is 10.2 Å². The van der Waals surface area contributed by atoms with Gasteiger partial charge in [-0.2, -0.15) is 0 Å². The van der Waals surface area contributed by atoms with Gasteiger partial charge in [0.25, 0.3) is 0 Å². The van der Waals surface area contributed by atoms with Gasteiger partial charge in [-0.1, -0.05) is 34.1 Å². The standard InChI is InChI=1S/C13H28N2/c1-5-12(4)10-15-7-6-14-9-13(15)8-11(2)3/h11-14H,5-10H2,1-4H3. The molecule has 15 heavy (non-hydrogen) atoms. The Hall–Kier alpha value is -0.0800. The van der Waals surface area contributed by atoms with Crippen LogP contribution in [0.5, 0.6) is 0 Å². The third kappa shape index (κ3) is 4.52. The Kier molecular flexibility index (Phi) is 5.62. The molecule has 1 fully saturated rings. The van der Waals surface area contributed by atoms with Crippen LogP contribution in [0.2, 0.25) is 0 Å². The van der Waals surface area contributed by atoms with Gasteiger partial charge in [0.2, 0.25) is 0 Å². The van der Waals surface area contributed by atoms with E-state index in [1.54, 1.807) is 0 Å². The lowest BCUT2D eigenvalue weighted by molar-refractivity contribution is 0.123. The molecule has 0 aliphatic carbocycles. The first-order valence-corrected chi connectivity index (χ1v) is 6.58. The zero-order chi connectivity index (χ0) is 11.3. The lowest BCUT2D eigenvalue weighted by atomic mass is 9.99. The zero-order valence-electron chi connectivity index (χ0n) is 10.9. The van der Waals surface area contributed by atoms with Crippen molar-refractivity contribution in [2.45, 2.75) is 46.6 Å². The van der Waals surface area contributed by atoms with E-state index in [0.29, 0.717) is 0 Å². The highest BCUT2D eigenvalue weighted by atomic mass is 15.2. The molecule has 1 aliphatic rings. The molecule has 0 saturated carbocycles. The molecule has 1 aliphatic heterocycles. The third-order valence-corrected chi connectivity index (χ3v) is 3.46. The summed E-state index contributed by atoms with van der Waals surface area (Å²) in [4.78, 5) is 2.70. The molecule has 1 N–H and O–H groups in total. The van der Waals surface area contributed by atoms with Gasteiger partial charge in [0, 0.05) is 32.2 Å². The molecule has 1 heterocycles. The summed E-state index contributed by atoms with van der Waals surface area (Å²) in [6.45, 7) is 14.2. The molecule has 0 aromatic carbocycles. The van der Waals surface area contributed by atoms with E-state index in [4.69, 9.17) is 0 Å². The van der Waals surface area contributed by atoms with Crippen LogP contribution in [-0.4, -0.2) is 37.1 Å². The van der Waals surface area contributed by atoms with Crippen molar-refractivity contribution in [2.75, 3.05) is 26.2 Å². The van der Waals surface area contributed by atoms with Gasteiger partial charge in [-0.05, 0) is 18.3 Å². The van der Waals surface area contributed by atoms with Gasteiger partial charge in [0.1, 0.15) is 0 Å². The van der Waals surface area contributed by atoms with E-state index in [2.05, 4.69) is 37.9 Å². The van der Waals surface area contributed by atoms with Crippen LogP contribution in [0.1, 0.15) is 40.5 Å². The van der Waals surface area contributed by atoms with E-state index in [0.717, 1.165) is 17.9 Å². The Morgan fingerprint density at radius 1 is 1.33 bits per heavy atom. The molecule has 2 atom stereocenters. The fourth-order valence-electron chi connectivity index (χ4n) is 2.35. The maximum absolute atomic E-state index is 3.52. The first kappa shape index (κ1) is 13.0. The van der Waals surface area contributed by atoms with E-state index in [1.807, 2.05) is 0 Å².